The highest BCUT2D eigenvalue weighted by molar-refractivity contribution is 5.86. The summed E-state index contributed by atoms with van der Waals surface area (Å²) in [4.78, 5) is 36.7. The van der Waals surface area contributed by atoms with Crippen LogP contribution in [0, 0.1) is 5.41 Å². The molecule has 174 valence electrons. The van der Waals surface area contributed by atoms with Crippen molar-refractivity contribution in [2.75, 3.05) is 13.2 Å². The second-order valence-electron chi connectivity index (χ2n) is 9.06. The van der Waals surface area contributed by atoms with Crippen LogP contribution in [0.3, 0.4) is 0 Å². The van der Waals surface area contributed by atoms with E-state index in [2.05, 4.69) is 22.8 Å². The summed E-state index contributed by atoms with van der Waals surface area (Å²) in [6, 6.07) is 15.3. The molecule has 2 aromatic carbocycles. The summed E-state index contributed by atoms with van der Waals surface area (Å²) < 4.78 is 5.49. The van der Waals surface area contributed by atoms with Crippen molar-refractivity contribution in [1.82, 2.24) is 10.6 Å². The number of hydrogen-bond acceptors (Lipinski definition) is 4. The molecule has 1 fully saturated rings. The van der Waals surface area contributed by atoms with E-state index in [1.54, 1.807) is 6.92 Å². The van der Waals surface area contributed by atoms with Gasteiger partial charge in [-0.3, -0.25) is 9.59 Å². The van der Waals surface area contributed by atoms with Gasteiger partial charge in [0.15, 0.2) is 0 Å². The topological polar surface area (TPSA) is 105 Å². The minimum atomic E-state index is -0.919. The van der Waals surface area contributed by atoms with E-state index < -0.39 is 29.4 Å². The van der Waals surface area contributed by atoms with Crippen molar-refractivity contribution in [3.63, 3.8) is 0 Å². The standard InChI is InChI=1S/C26H30N2O5/c1-17(23(29)27-16-26(24(30)31)13-7-2-8-14-26)28-25(32)33-15-22-20-11-5-3-9-18(20)19-10-4-6-12-21(19)22/h3-6,9-12,17,22H,2,7-8,13-16H2,1H3,(H,27,29)(H,28,32)(H,30,31)/t17-/m1/s1. The summed E-state index contributed by atoms with van der Waals surface area (Å²) in [6.07, 6.45) is 3.13. The Bertz CT molecular complexity index is 999. The van der Waals surface area contributed by atoms with Crippen molar-refractivity contribution in [2.45, 2.75) is 51.0 Å². The lowest BCUT2D eigenvalue weighted by Gasteiger charge is -2.33. The van der Waals surface area contributed by atoms with Crippen molar-refractivity contribution in [1.29, 1.82) is 0 Å². The third-order valence-corrected chi connectivity index (χ3v) is 6.94. The average Bonchev–Trinajstić information content (AvgIpc) is 3.15. The lowest BCUT2D eigenvalue weighted by Crippen LogP contribution is -2.50. The molecule has 0 radical (unpaired) electrons. The first-order valence-corrected chi connectivity index (χ1v) is 11.5. The van der Waals surface area contributed by atoms with E-state index in [1.807, 2.05) is 36.4 Å². The predicted octanol–water partition coefficient (Wildman–Crippen LogP) is 4.06. The summed E-state index contributed by atoms with van der Waals surface area (Å²) in [5.41, 5.74) is 3.60. The highest BCUT2D eigenvalue weighted by atomic mass is 16.5. The van der Waals surface area contributed by atoms with Crippen molar-refractivity contribution in [2.24, 2.45) is 5.41 Å². The second-order valence-corrected chi connectivity index (χ2v) is 9.06. The SMILES string of the molecule is C[C@@H](NC(=O)OCC1c2ccccc2-c2ccccc21)C(=O)NCC1(C(=O)O)CCCCC1. The van der Waals surface area contributed by atoms with Crippen molar-refractivity contribution < 1.29 is 24.2 Å². The molecular weight excluding hydrogens is 420 g/mol. The second kappa shape index (κ2) is 9.65. The minimum absolute atomic E-state index is 0.0611. The zero-order valence-corrected chi connectivity index (χ0v) is 18.8. The third kappa shape index (κ3) is 4.72. The fraction of sp³-hybridized carbons (Fsp3) is 0.423. The van der Waals surface area contributed by atoms with Gasteiger partial charge in [-0.05, 0) is 42.0 Å². The Morgan fingerprint density at radius 1 is 1.00 bits per heavy atom. The highest BCUT2D eigenvalue weighted by Crippen LogP contribution is 2.44. The number of alkyl carbamates (subject to hydrolysis) is 1. The van der Waals surface area contributed by atoms with E-state index in [-0.39, 0.29) is 19.1 Å². The van der Waals surface area contributed by atoms with Crippen LogP contribution >= 0.6 is 0 Å². The number of aliphatic carboxylic acids is 1. The maximum atomic E-state index is 12.5. The Kier molecular flexibility index (Phi) is 6.67. The molecule has 0 aromatic heterocycles. The van der Waals surface area contributed by atoms with Gasteiger partial charge in [-0.15, -0.1) is 0 Å². The van der Waals surface area contributed by atoms with Crippen molar-refractivity contribution in [3.05, 3.63) is 59.7 Å². The molecule has 0 heterocycles. The average molecular weight is 451 g/mol. The van der Waals surface area contributed by atoms with E-state index in [1.165, 1.54) is 0 Å². The fourth-order valence-corrected chi connectivity index (χ4v) is 4.99. The quantitative estimate of drug-likeness (QED) is 0.590. The molecule has 1 atom stereocenters. The summed E-state index contributed by atoms with van der Waals surface area (Å²) in [5, 5.41) is 14.9. The van der Waals surface area contributed by atoms with Gasteiger partial charge >= 0.3 is 12.1 Å². The van der Waals surface area contributed by atoms with Gasteiger partial charge in [0.2, 0.25) is 5.91 Å². The van der Waals surface area contributed by atoms with Crippen LogP contribution in [0.5, 0.6) is 0 Å². The summed E-state index contributed by atoms with van der Waals surface area (Å²) in [5.74, 6) is -1.36. The van der Waals surface area contributed by atoms with Crippen LogP contribution < -0.4 is 10.6 Å². The molecule has 0 unspecified atom stereocenters. The molecule has 0 spiro atoms. The van der Waals surface area contributed by atoms with Crippen LogP contribution in [-0.2, 0) is 14.3 Å². The number of carboxylic acids is 1. The van der Waals surface area contributed by atoms with Gasteiger partial charge in [-0.1, -0.05) is 67.8 Å². The van der Waals surface area contributed by atoms with E-state index in [0.717, 1.165) is 41.5 Å². The number of ether oxygens (including phenoxy) is 1. The molecule has 2 aliphatic carbocycles. The van der Waals surface area contributed by atoms with Gasteiger partial charge in [0.1, 0.15) is 12.6 Å². The number of carbonyl (C=O) groups excluding carboxylic acids is 2. The van der Waals surface area contributed by atoms with Crippen LogP contribution in [0.2, 0.25) is 0 Å². The van der Waals surface area contributed by atoms with E-state index in [4.69, 9.17) is 4.74 Å². The molecule has 4 rings (SSSR count). The van der Waals surface area contributed by atoms with Crippen LogP contribution in [0.15, 0.2) is 48.5 Å². The largest absolute Gasteiger partial charge is 0.481 e. The Morgan fingerprint density at radius 3 is 2.15 bits per heavy atom. The monoisotopic (exact) mass is 450 g/mol. The number of nitrogens with one attached hydrogen (secondary N) is 2. The Morgan fingerprint density at radius 2 is 1.58 bits per heavy atom. The zero-order valence-electron chi connectivity index (χ0n) is 18.8. The first kappa shape index (κ1) is 22.8. The number of rotatable bonds is 7. The summed E-state index contributed by atoms with van der Waals surface area (Å²) in [6.45, 7) is 1.79. The maximum absolute atomic E-state index is 12.5. The first-order valence-electron chi connectivity index (χ1n) is 11.5. The lowest BCUT2D eigenvalue weighted by atomic mass is 9.74. The summed E-state index contributed by atoms with van der Waals surface area (Å²) in [7, 11) is 0. The zero-order chi connectivity index (χ0) is 23.4. The molecule has 7 heteroatoms. The maximum Gasteiger partial charge on any atom is 0.407 e. The van der Waals surface area contributed by atoms with E-state index in [9.17, 15) is 19.5 Å². The highest BCUT2D eigenvalue weighted by Gasteiger charge is 2.40. The number of fused-ring (bicyclic) bond motifs is 3. The van der Waals surface area contributed by atoms with Crippen LogP contribution in [-0.4, -0.2) is 42.3 Å². The molecule has 0 bridgehead atoms. The molecule has 2 amide bonds. The molecule has 0 saturated heterocycles. The minimum Gasteiger partial charge on any atom is -0.481 e. The van der Waals surface area contributed by atoms with Crippen molar-refractivity contribution in [3.8, 4) is 11.1 Å². The van der Waals surface area contributed by atoms with Crippen LogP contribution in [0.1, 0.15) is 56.1 Å². The van der Waals surface area contributed by atoms with Gasteiger partial charge < -0.3 is 20.5 Å². The molecule has 3 N–H and O–H groups in total. The molecule has 7 nitrogen and oxygen atoms in total. The first-order chi connectivity index (χ1) is 15.9. The Balaban J connectivity index is 1.31. The molecule has 2 aliphatic rings. The molecular formula is C26H30N2O5. The number of amides is 2. The number of carbonyl (C=O) groups is 3. The molecule has 0 aliphatic heterocycles. The fourth-order valence-electron chi connectivity index (χ4n) is 4.99. The van der Waals surface area contributed by atoms with Gasteiger partial charge in [0.25, 0.3) is 0 Å². The molecule has 1 saturated carbocycles. The lowest BCUT2D eigenvalue weighted by molar-refractivity contribution is -0.151. The molecule has 33 heavy (non-hydrogen) atoms. The summed E-state index contributed by atoms with van der Waals surface area (Å²) >= 11 is 0. The predicted molar refractivity (Wildman–Crippen MR) is 124 cm³/mol. The smallest absolute Gasteiger partial charge is 0.407 e. The van der Waals surface area contributed by atoms with Gasteiger partial charge in [0.05, 0.1) is 5.41 Å². The third-order valence-electron chi connectivity index (χ3n) is 6.94. The molecule has 2 aromatic rings. The Labute approximate surface area is 193 Å². The van der Waals surface area contributed by atoms with Gasteiger partial charge in [-0.25, -0.2) is 4.79 Å². The van der Waals surface area contributed by atoms with E-state index >= 15 is 0 Å². The van der Waals surface area contributed by atoms with Crippen LogP contribution in [0.25, 0.3) is 11.1 Å². The van der Waals surface area contributed by atoms with Crippen molar-refractivity contribution >= 4 is 18.0 Å². The normalized spacial score (nSPS) is 17.4. The number of hydrogen-bond donors (Lipinski definition) is 3. The van der Waals surface area contributed by atoms with Gasteiger partial charge in [-0.2, -0.15) is 0 Å². The number of benzene rings is 2. The van der Waals surface area contributed by atoms with Gasteiger partial charge in [0, 0.05) is 12.5 Å². The number of carboxylic acid groups (broad SMARTS) is 1. The van der Waals surface area contributed by atoms with E-state index in [0.29, 0.717) is 12.8 Å². The Hall–Kier alpha value is -3.35. The van der Waals surface area contributed by atoms with Crippen LogP contribution in [0.4, 0.5) is 4.79 Å².